The smallest absolute Gasteiger partial charge is 0.251 e. The minimum absolute atomic E-state index is 0.0320. The van der Waals surface area contributed by atoms with Crippen molar-refractivity contribution in [3.63, 3.8) is 0 Å². The molecule has 128 valence electrons. The minimum atomic E-state index is -0.0320. The van der Waals surface area contributed by atoms with Gasteiger partial charge in [0.2, 0.25) is 0 Å². The van der Waals surface area contributed by atoms with Crippen LogP contribution < -0.4 is 5.32 Å². The summed E-state index contributed by atoms with van der Waals surface area (Å²) in [5, 5.41) is 12.5. The fourth-order valence-electron chi connectivity index (χ4n) is 2.94. The summed E-state index contributed by atoms with van der Waals surface area (Å²) in [6.45, 7) is 6.49. The summed E-state index contributed by atoms with van der Waals surface area (Å²) in [4.78, 5) is 14.4. The van der Waals surface area contributed by atoms with E-state index in [1.54, 1.807) is 7.11 Å². The van der Waals surface area contributed by atoms with E-state index in [1.165, 1.54) is 0 Å². The Labute approximate surface area is 138 Å². The average molecular weight is 320 g/mol. The highest BCUT2D eigenvalue weighted by Crippen LogP contribution is 2.22. The Morgan fingerprint density at radius 3 is 2.91 bits per heavy atom. The van der Waals surface area contributed by atoms with Crippen molar-refractivity contribution in [1.82, 2.24) is 10.2 Å². The van der Waals surface area contributed by atoms with Crippen LogP contribution in [0.2, 0.25) is 0 Å². The van der Waals surface area contributed by atoms with E-state index in [-0.39, 0.29) is 24.7 Å². The Balaban J connectivity index is 2.01. The predicted molar refractivity (Wildman–Crippen MR) is 90.3 cm³/mol. The predicted octanol–water partition coefficient (Wildman–Crippen LogP) is 1.65. The van der Waals surface area contributed by atoms with Gasteiger partial charge in [0, 0.05) is 38.3 Å². The van der Waals surface area contributed by atoms with Gasteiger partial charge in [-0.15, -0.1) is 0 Å². The number of methoxy groups -OCH3 is 1. The third-order valence-electron chi connectivity index (χ3n) is 4.28. The van der Waals surface area contributed by atoms with Gasteiger partial charge in [0.1, 0.15) is 0 Å². The molecule has 2 N–H and O–H groups in total. The molecule has 0 aromatic heterocycles. The van der Waals surface area contributed by atoms with Crippen LogP contribution in [-0.4, -0.2) is 54.9 Å². The first-order valence-electron chi connectivity index (χ1n) is 8.28. The summed E-state index contributed by atoms with van der Waals surface area (Å²) in [7, 11) is 1.71. The summed E-state index contributed by atoms with van der Waals surface area (Å²) < 4.78 is 5.41. The van der Waals surface area contributed by atoms with Gasteiger partial charge in [-0.25, -0.2) is 0 Å². The lowest BCUT2D eigenvalue weighted by atomic mass is 10.1. The van der Waals surface area contributed by atoms with Gasteiger partial charge in [0.05, 0.1) is 12.7 Å². The number of nitrogens with one attached hydrogen (secondary N) is 1. The maximum absolute atomic E-state index is 12.2. The first-order chi connectivity index (χ1) is 11.0. The van der Waals surface area contributed by atoms with Crippen LogP contribution in [-0.2, 0) is 11.3 Å². The largest absolute Gasteiger partial charge is 0.395 e. The number of rotatable bonds is 7. The fraction of sp³-hybridized carbons (Fsp3) is 0.611. The van der Waals surface area contributed by atoms with E-state index in [2.05, 4.69) is 24.1 Å². The van der Waals surface area contributed by atoms with Gasteiger partial charge < -0.3 is 15.2 Å². The number of aliphatic hydroxyl groups is 1. The third kappa shape index (κ3) is 5.03. The van der Waals surface area contributed by atoms with E-state index in [1.807, 2.05) is 24.3 Å². The highest BCUT2D eigenvalue weighted by atomic mass is 16.5. The van der Waals surface area contributed by atoms with E-state index in [0.717, 1.165) is 25.1 Å². The molecule has 5 nitrogen and oxygen atoms in total. The third-order valence-corrected chi connectivity index (χ3v) is 4.28. The van der Waals surface area contributed by atoms with Gasteiger partial charge >= 0.3 is 0 Å². The van der Waals surface area contributed by atoms with Crippen LogP contribution in [0.4, 0.5) is 0 Å². The van der Waals surface area contributed by atoms with Crippen molar-refractivity contribution in [2.45, 2.75) is 39.0 Å². The zero-order chi connectivity index (χ0) is 16.8. The molecule has 1 aliphatic heterocycles. The average Bonchev–Trinajstić information content (AvgIpc) is 2.94. The summed E-state index contributed by atoms with van der Waals surface area (Å²) in [6, 6.07) is 7.83. The summed E-state index contributed by atoms with van der Waals surface area (Å²) in [5.74, 6) is 0.401. The van der Waals surface area contributed by atoms with Crippen LogP contribution in [0.25, 0.3) is 0 Å². The van der Waals surface area contributed by atoms with Gasteiger partial charge in [-0.2, -0.15) is 0 Å². The zero-order valence-corrected chi connectivity index (χ0v) is 14.3. The normalized spacial score (nSPS) is 21.8. The summed E-state index contributed by atoms with van der Waals surface area (Å²) >= 11 is 0. The van der Waals surface area contributed by atoms with Crippen molar-refractivity contribution < 1.29 is 14.6 Å². The lowest BCUT2D eigenvalue weighted by Gasteiger charge is -2.22. The van der Waals surface area contributed by atoms with Gasteiger partial charge in [-0.3, -0.25) is 9.69 Å². The molecule has 1 fully saturated rings. The molecule has 1 amide bonds. The molecule has 0 unspecified atom stereocenters. The number of likely N-dealkylation sites (tertiary alicyclic amines) is 1. The standard InChI is InChI=1S/C18H28N2O3/c1-13(2)9-19-18(22)15-6-4-5-14(7-15)10-20-11-17(23-3)8-16(20)12-21/h4-7,13,16-17,21H,8-12H2,1-3H3,(H,19,22)/t16-,17+/m0/s1. The second-order valence-corrected chi connectivity index (χ2v) is 6.66. The van der Waals surface area contributed by atoms with E-state index in [9.17, 15) is 9.90 Å². The summed E-state index contributed by atoms with van der Waals surface area (Å²) in [5.41, 5.74) is 1.77. The molecule has 1 aromatic rings. The Morgan fingerprint density at radius 2 is 2.26 bits per heavy atom. The molecule has 0 bridgehead atoms. The fourth-order valence-corrected chi connectivity index (χ4v) is 2.94. The monoisotopic (exact) mass is 320 g/mol. The Morgan fingerprint density at radius 1 is 1.48 bits per heavy atom. The van der Waals surface area contributed by atoms with E-state index in [0.29, 0.717) is 18.0 Å². The number of carbonyl (C=O) groups excluding carboxylic acids is 1. The molecule has 23 heavy (non-hydrogen) atoms. The quantitative estimate of drug-likeness (QED) is 0.802. The van der Waals surface area contributed by atoms with Crippen molar-refractivity contribution in [1.29, 1.82) is 0 Å². The van der Waals surface area contributed by atoms with Crippen molar-refractivity contribution in [2.75, 3.05) is 26.8 Å². The zero-order valence-electron chi connectivity index (χ0n) is 14.3. The van der Waals surface area contributed by atoms with Crippen molar-refractivity contribution in [3.05, 3.63) is 35.4 Å². The van der Waals surface area contributed by atoms with Crippen LogP contribution >= 0.6 is 0 Å². The molecule has 5 heteroatoms. The molecule has 0 saturated carbocycles. The summed E-state index contributed by atoms with van der Waals surface area (Å²) in [6.07, 6.45) is 1.02. The number of hydrogen-bond donors (Lipinski definition) is 2. The SMILES string of the molecule is CO[C@@H]1C[C@@H](CO)N(Cc2cccc(C(=O)NCC(C)C)c2)C1. The maximum Gasteiger partial charge on any atom is 0.251 e. The first-order valence-corrected chi connectivity index (χ1v) is 8.28. The molecular weight excluding hydrogens is 292 g/mol. The molecule has 2 rings (SSSR count). The number of hydrogen-bond acceptors (Lipinski definition) is 4. The molecule has 1 saturated heterocycles. The molecule has 0 spiro atoms. The van der Waals surface area contributed by atoms with Crippen LogP contribution in [0.5, 0.6) is 0 Å². The van der Waals surface area contributed by atoms with Crippen LogP contribution in [0, 0.1) is 5.92 Å². The lowest BCUT2D eigenvalue weighted by molar-refractivity contribution is 0.0948. The second kappa shape index (κ2) is 8.43. The van der Waals surface area contributed by atoms with Crippen molar-refractivity contribution >= 4 is 5.91 Å². The molecular formula is C18H28N2O3. The Kier molecular flexibility index (Phi) is 6.57. The maximum atomic E-state index is 12.2. The number of benzene rings is 1. The van der Waals surface area contributed by atoms with Gasteiger partial charge in [-0.05, 0) is 30.0 Å². The molecule has 1 aromatic carbocycles. The van der Waals surface area contributed by atoms with Crippen molar-refractivity contribution in [3.8, 4) is 0 Å². The van der Waals surface area contributed by atoms with E-state index >= 15 is 0 Å². The van der Waals surface area contributed by atoms with Gasteiger partial charge in [0.15, 0.2) is 0 Å². The van der Waals surface area contributed by atoms with E-state index < -0.39 is 0 Å². The molecule has 2 atom stereocenters. The first kappa shape index (κ1) is 17.9. The Bertz CT molecular complexity index is 519. The number of amides is 1. The molecule has 1 aliphatic rings. The van der Waals surface area contributed by atoms with Crippen LogP contribution in [0.15, 0.2) is 24.3 Å². The Hall–Kier alpha value is -1.43. The highest BCUT2D eigenvalue weighted by Gasteiger charge is 2.31. The molecule has 0 radical (unpaired) electrons. The second-order valence-electron chi connectivity index (χ2n) is 6.66. The lowest BCUT2D eigenvalue weighted by Crippen LogP contribution is -2.32. The van der Waals surface area contributed by atoms with E-state index in [4.69, 9.17) is 4.74 Å². The highest BCUT2D eigenvalue weighted by molar-refractivity contribution is 5.94. The number of ether oxygens (including phenoxy) is 1. The number of carbonyl (C=O) groups is 1. The number of nitrogens with zero attached hydrogens (tertiary/aromatic N) is 1. The van der Waals surface area contributed by atoms with Crippen molar-refractivity contribution in [2.24, 2.45) is 5.92 Å². The molecule has 0 aliphatic carbocycles. The van der Waals surface area contributed by atoms with Gasteiger partial charge in [0.25, 0.3) is 5.91 Å². The van der Waals surface area contributed by atoms with Gasteiger partial charge in [-0.1, -0.05) is 26.0 Å². The topological polar surface area (TPSA) is 61.8 Å². The van der Waals surface area contributed by atoms with Crippen LogP contribution in [0.3, 0.4) is 0 Å². The minimum Gasteiger partial charge on any atom is -0.395 e. The van der Waals surface area contributed by atoms with Crippen LogP contribution in [0.1, 0.15) is 36.2 Å². The number of aliphatic hydroxyl groups excluding tert-OH is 1. The molecule has 1 heterocycles.